The number of carbonyl (C=O) groups is 2. The molecular weight excluding hydrogens is 430 g/mol. The average molecular weight is 455 g/mol. The first kappa shape index (κ1) is 22.9. The van der Waals surface area contributed by atoms with Crippen molar-refractivity contribution in [1.82, 2.24) is 4.90 Å². The van der Waals surface area contributed by atoms with E-state index < -0.39 is 39.3 Å². The van der Waals surface area contributed by atoms with Gasteiger partial charge in [-0.25, -0.2) is 13.2 Å². The summed E-state index contributed by atoms with van der Waals surface area (Å²) in [5.41, 5.74) is 0.123. The van der Waals surface area contributed by atoms with Crippen LogP contribution in [0.2, 0.25) is 0 Å². The fourth-order valence-corrected chi connectivity index (χ4v) is 5.55. The first-order chi connectivity index (χ1) is 14.7. The van der Waals surface area contributed by atoms with E-state index in [2.05, 4.69) is 0 Å². The molecule has 1 atom stereocenters. The van der Waals surface area contributed by atoms with Crippen molar-refractivity contribution in [3.8, 4) is 0 Å². The lowest BCUT2D eigenvalue weighted by atomic mass is 10.1. The molecule has 1 amide bonds. The highest BCUT2D eigenvalue weighted by atomic mass is 32.2. The molecule has 2 aliphatic rings. The smallest absolute Gasteiger partial charge is 0.338 e. The molecule has 0 spiro atoms. The molecule has 1 aromatic carbocycles. The fraction of sp³-hybridized carbons (Fsp3) is 0.579. The number of carbonyl (C=O) groups excluding carboxylic acids is 2. The van der Waals surface area contributed by atoms with Crippen molar-refractivity contribution in [3.05, 3.63) is 33.9 Å². The molecule has 0 aliphatic carbocycles. The minimum Gasteiger partial charge on any atom is -0.452 e. The van der Waals surface area contributed by atoms with Crippen molar-refractivity contribution in [2.45, 2.75) is 19.4 Å². The van der Waals surface area contributed by atoms with Gasteiger partial charge in [-0.05, 0) is 25.5 Å². The summed E-state index contributed by atoms with van der Waals surface area (Å²) in [5, 5.41) is 11.5. The predicted octanol–water partition coefficient (Wildman–Crippen LogP) is 0.624. The van der Waals surface area contributed by atoms with E-state index in [0.29, 0.717) is 38.4 Å². The van der Waals surface area contributed by atoms with E-state index >= 15 is 0 Å². The number of hydrogen-bond acceptors (Lipinski definition) is 9. The van der Waals surface area contributed by atoms with Crippen LogP contribution in [0.1, 0.15) is 23.7 Å². The molecule has 0 aromatic heterocycles. The summed E-state index contributed by atoms with van der Waals surface area (Å²) in [6, 6.07) is 3.61. The van der Waals surface area contributed by atoms with Crippen LogP contribution < -0.4 is 4.90 Å². The molecule has 1 aromatic rings. The van der Waals surface area contributed by atoms with Gasteiger partial charge in [0.1, 0.15) is 5.69 Å². The van der Waals surface area contributed by atoms with Gasteiger partial charge in [-0.3, -0.25) is 14.9 Å². The second-order valence-electron chi connectivity index (χ2n) is 7.37. The molecule has 11 nitrogen and oxygen atoms in total. The monoisotopic (exact) mass is 455 g/mol. The topological polar surface area (TPSA) is 136 Å². The van der Waals surface area contributed by atoms with Gasteiger partial charge in [0, 0.05) is 31.7 Å². The molecule has 3 rings (SSSR count). The third kappa shape index (κ3) is 5.50. The number of esters is 1. The van der Waals surface area contributed by atoms with Crippen LogP contribution in [-0.2, 0) is 24.1 Å². The van der Waals surface area contributed by atoms with Crippen molar-refractivity contribution in [2.75, 3.05) is 55.9 Å². The van der Waals surface area contributed by atoms with E-state index in [1.807, 2.05) is 4.90 Å². The molecule has 2 fully saturated rings. The van der Waals surface area contributed by atoms with Gasteiger partial charge in [0.2, 0.25) is 0 Å². The highest BCUT2D eigenvalue weighted by molar-refractivity contribution is 7.91. The summed E-state index contributed by atoms with van der Waals surface area (Å²) < 4.78 is 33.7. The lowest BCUT2D eigenvalue weighted by molar-refractivity contribution is -0.384. The molecule has 2 heterocycles. The third-order valence-corrected chi connectivity index (χ3v) is 7.15. The lowest BCUT2D eigenvalue weighted by Gasteiger charge is -2.28. The number of hydrogen-bond donors (Lipinski definition) is 0. The van der Waals surface area contributed by atoms with Crippen molar-refractivity contribution in [3.63, 3.8) is 0 Å². The largest absolute Gasteiger partial charge is 0.452 e. The van der Waals surface area contributed by atoms with Gasteiger partial charge in [-0.1, -0.05) is 0 Å². The van der Waals surface area contributed by atoms with Gasteiger partial charge in [0.25, 0.3) is 11.6 Å². The Labute approximate surface area is 180 Å². The van der Waals surface area contributed by atoms with E-state index in [9.17, 15) is 28.1 Å². The van der Waals surface area contributed by atoms with Crippen LogP contribution in [0.15, 0.2) is 18.2 Å². The Morgan fingerprint density at radius 2 is 2.03 bits per heavy atom. The maximum atomic E-state index is 12.5. The number of morpholine rings is 1. The van der Waals surface area contributed by atoms with E-state index in [1.54, 1.807) is 6.92 Å². The predicted molar refractivity (Wildman–Crippen MR) is 111 cm³/mol. The molecule has 2 saturated heterocycles. The molecule has 170 valence electrons. The second kappa shape index (κ2) is 9.60. The molecule has 12 heteroatoms. The molecule has 0 saturated carbocycles. The maximum absolute atomic E-state index is 12.5. The van der Waals surface area contributed by atoms with Crippen molar-refractivity contribution in [2.24, 2.45) is 0 Å². The number of nitrogens with zero attached hydrogens (tertiary/aromatic N) is 3. The maximum Gasteiger partial charge on any atom is 0.338 e. The number of nitro benzene ring substituents is 1. The molecule has 0 N–H and O–H groups in total. The Hall–Kier alpha value is -2.73. The van der Waals surface area contributed by atoms with Crippen LogP contribution in [0.25, 0.3) is 0 Å². The fourth-order valence-electron chi connectivity index (χ4n) is 3.82. The second-order valence-corrected chi connectivity index (χ2v) is 9.60. The Balaban J connectivity index is 1.66. The zero-order valence-electron chi connectivity index (χ0n) is 17.2. The van der Waals surface area contributed by atoms with Crippen molar-refractivity contribution >= 4 is 33.1 Å². The average Bonchev–Trinajstić information content (AvgIpc) is 3.11. The highest BCUT2D eigenvalue weighted by Gasteiger charge is 2.34. The standard InChI is InChI=1S/C19H25N3O8S/c1-2-21(15-5-10-31(27,28)13-15)18(23)12-30-19(24)14-3-4-16(17(11-14)22(25)26)20-6-8-29-9-7-20/h3-4,11,15H,2,5-10,12-13H2,1H3. The molecule has 0 radical (unpaired) electrons. The summed E-state index contributed by atoms with van der Waals surface area (Å²) in [7, 11) is -3.16. The summed E-state index contributed by atoms with van der Waals surface area (Å²) in [6.07, 6.45) is 0.352. The van der Waals surface area contributed by atoms with Crippen LogP contribution in [-0.4, -0.2) is 87.1 Å². The van der Waals surface area contributed by atoms with Crippen LogP contribution >= 0.6 is 0 Å². The number of anilines is 1. The summed E-state index contributed by atoms with van der Waals surface area (Å²) >= 11 is 0. The van der Waals surface area contributed by atoms with E-state index in [-0.39, 0.29) is 29.3 Å². The summed E-state index contributed by atoms with van der Waals surface area (Å²) in [6.45, 7) is 3.36. The number of nitro groups is 1. The van der Waals surface area contributed by atoms with Gasteiger partial charge in [0.15, 0.2) is 16.4 Å². The first-order valence-corrected chi connectivity index (χ1v) is 11.8. The van der Waals surface area contributed by atoms with Crippen molar-refractivity contribution in [1.29, 1.82) is 0 Å². The molecule has 0 bridgehead atoms. The molecule has 2 aliphatic heterocycles. The number of amides is 1. The first-order valence-electron chi connectivity index (χ1n) is 10.00. The van der Waals surface area contributed by atoms with Gasteiger partial charge >= 0.3 is 5.97 Å². The van der Waals surface area contributed by atoms with Gasteiger partial charge < -0.3 is 19.3 Å². The van der Waals surface area contributed by atoms with E-state index in [1.165, 1.54) is 17.0 Å². The Morgan fingerprint density at radius 3 is 2.61 bits per heavy atom. The number of ether oxygens (including phenoxy) is 2. The van der Waals surface area contributed by atoms with Crippen LogP contribution in [0.3, 0.4) is 0 Å². The highest BCUT2D eigenvalue weighted by Crippen LogP contribution is 2.30. The van der Waals surface area contributed by atoms with Gasteiger partial charge in [0.05, 0.1) is 35.2 Å². The van der Waals surface area contributed by atoms with Crippen LogP contribution in [0, 0.1) is 10.1 Å². The Kier molecular flexibility index (Phi) is 7.11. The van der Waals surface area contributed by atoms with Crippen LogP contribution in [0.4, 0.5) is 11.4 Å². The quantitative estimate of drug-likeness (QED) is 0.329. The van der Waals surface area contributed by atoms with Crippen molar-refractivity contribution < 1.29 is 32.4 Å². The SMILES string of the molecule is CCN(C(=O)COC(=O)c1ccc(N2CCOCC2)c([N+](=O)[O-])c1)C1CCS(=O)(=O)C1. The zero-order chi connectivity index (χ0) is 22.6. The zero-order valence-corrected chi connectivity index (χ0v) is 18.0. The number of likely N-dealkylation sites (N-methyl/N-ethyl adjacent to an activating group) is 1. The summed E-state index contributed by atoms with van der Waals surface area (Å²) in [5.74, 6) is -1.44. The lowest BCUT2D eigenvalue weighted by Crippen LogP contribution is -2.43. The van der Waals surface area contributed by atoms with E-state index in [4.69, 9.17) is 9.47 Å². The Bertz CT molecular complexity index is 959. The minimum atomic E-state index is -3.16. The Morgan fingerprint density at radius 1 is 1.32 bits per heavy atom. The minimum absolute atomic E-state index is 0.0282. The molecular formula is C19H25N3O8S. The number of sulfone groups is 1. The number of benzene rings is 1. The van der Waals surface area contributed by atoms with Gasteiger partial charge in [-0.15, -0.1) is 0 Å². The summed E-state index contributed by atoms with van der Waals surface area (Å²) in [4.78, 5) is 39.0. The molecule has 31 heavy (non-hydrogen) atoms. The van der Waals surface area contributed by atoms with Crippen LogP contribution in [0.5, 0.6) is 0 Å². The third-order valence-electron chi connectivity index (χ3n) is 5.40. The van der Waals surface area contributed by atoms with Gasteiger partial charge in [-0.2, -0.15) is 0 Å². The molecule has 1 unspecified atom stereocenters. The normalized spacial score (nSPS) is 20.3. The van der Waals surface area contributed by atoms with E-state index in [0.717, 1.165) is 6.07 Å². The number of rotatable bonds is 7.